The number of hydrogen-bond acceptors (Lipinski definition) is 6. The van der Waals surface area contributed by atoms with Crippen LogP contribution in [0.15, 0.2) is 24.5 Å². The first-order valence-corrected chi connectivity index (χ1v) is 15.8. The average Bonchev–Trinajstić information content (AvgIpc) is 3.29. The van der Waals surface area contributed by atoms with Crippen LogP contribution < -0.4 is 10.6 Å². The van der Waals surface area contributed by atoms with Crippen LogP contribution >= 0.6 is 7.14 Å². The second-order valence-electron chi connectivity index (χ2n) is 11.1. The van der Waals surface area contributed by atoms with Crippen molar-refractivity contribution in [1.29, 1.82) is 0 Å². The van der Waals surface area contributed by atoms with E-state index >= 15 is 0 Å². The molecule has 1 amide bonds. The van der Waals surface area contributed by atoms with Crippen LogP contribution in [0.5, 0.6) is 0 Å². The summed E-state index contributed by atoms with van der Waals surface area (Å²) in [6.07, 6.45) is 1.10. The van der Waals surface area contributed by atoms with E-state index in [0.29, 0.717) is 34.4 Å². The van der Waals surface area contributed by atoms with Crippen LogP contribution in [-0.2, 0) is 10.7 Å². The van der Waals surface area contributed by atoms with Gasteiger partial charge in [0.1, 0.15) is 12.7 Å². The van der Waals surface area contributed by atoms with E-state index < -0.39 is 18.9 Å². The van der Waals surface area contributed by atoms with Crippen molar-refractivity contribution >= 4 is 35.2 Å². The first kappa shape index (κ1) is 27.6. The number of aromatic nitrogens is 3. The highest BCUT2D eigenvalue weighted by atomic mass is 31.2. The molecule has 2 aromatic heterocycles. The van der Waals surface area contributed by atoms with Crippen LogP contribution in [-0.4, -0.2) is 82.8 Å². The van der Waals surface area contributed by atoms with Gasteiger partial charge in [0.05, 0.1) is 16.8 Å². The fourth-order valence-corrected chi connectivity index (χ4v) is 7.21. The van der Waals surface area contributed by atoms with Gasteiger partial charge >= 0.3 is 6.18 Å². The van der Waals surface area contributed by atoms with E-state index in [1.807, 2.05) is 0 Å². The summed E-state index contributed by atoms with van der Waals surface area (Å²) in [7, 11) is -1.30. The van der Waals surface area contributed by atoms with Crippen LogP contribution in [0, 0.1) is 0 Å². The highest BCUT2D eigenvalue weighted by molar-refractivity contribution is 7.70. The van der Waals surface area contributed by atoms with Gasteiger partial charge in [-0.25, -0.2) is 9.97 Å². The summed E-state index contributed by atoms with van der Waals surface area (Å²) < 4.78 is 55.9. The molecule has 1 aromatic carbocycles. The molecule has 0 spiro atoms. The van der Waals surface area contributed by atoms with Crippen molar-refractivity contribution < 1.29 is 22.5 Å². The summed E-state index contributed by atoms with van der Waals surface area (Å²) in [5.41, 5.74) is -0.333. The molecule has 1 unspecified atom stereocenters. The third-order valence-corrected chi connectivity index (χ3v) is 9.37. The number of fused-ring (bicyclic) bond motifs is 6. The van der Waals surface area contributed by atoms with Crippen molar-refractivity contribution in [1.82, 2.24) is 24.8 Å². The molecule has 3 aliphatic heterocycles. The van der Waals surface area contributed by atoms with Gasteiger partial charge in [-0.1, -0.05) is 6.07 Å². The van der Waals surface area contributed by atoms with Gasteiger partial charge in [0.15, 0.2) is 0 Å². The number of benzene rings is 1. The van der Waals surface area contributed by atoms with Gasteiger partial charge in [-0.2, -0.15) is 13.2 Å². The SMILES string of the molecule is C[C@H]1CC[C@@H]2CN1CCCCN(C)C(=O)c1ccc3c(c[nH]c3c1P(C)(C)=O)-c1nc(ncc1C(F)(F)F)N2. The van der Waals surface area contributed by atoms with Crippen LogP contribution in [0.3, 0.4) is 0 Å². The molecule has 8 nitrogen and oxygen atoms in total. The maximum Gasteiger partial charge on any atom is 0.419 e. The Hall–Kier alpha value is -2.91. The fourth-order valence-electron chi connectivity index (χ4n) is 5.74. The van der Waals surface area contributed by atoms with Gasteiger partial charge in [-0.3, -0.25) is 9.69 Å². The van der Waals surface area contributed by atoms with Gasteiger partial charge in [0.25, 0.3) is 5.91 Å². The molecular weight excluding hydrogens is 528 g/mol. The lowest BCUT2D eigenvalue weighted by atomic mass is 9.99. The van der Waals surface area contributed by atoms with Gasteiger partial charge in [0.2, 0.25) is 5.95 Å². The Bertz CT molecular complexity index is 1450. The molecule has 0 aliphatic carbocycles. The van der Waals surface area contributed by atoms with Crippen LogP contribution in [0.1, 0.15) is 48.5 Å². The lowest BCUT2D eigenvalue weighted by molar-refractivity contribution is -0.137. The number of H-pyrrole nitrogens is 1. The van der Waals surface area contributed by atoms with E-state index in [-0.39, 0.29) is 29.2 Å². The highest BCUT2D eigenvalue weighted by Crippen LogP contribution is 2.43. The zero-order chi connectivity index (χ0) is 28.1. The monoisotopic (exact) mass is 562 g/mol. The topological polar surface area (TPSA) is 94.2 Å². The number of piperidine rings is 1. The van der Waals surface area contributed by atoms with Crippen molar-refractivity contribution in [2.24, 2.45) is 0 Å². The zero-order valence-corrected chi connectivity index (χ0v) is 23.5. The molecule has 12 heteroatoms. The number of anilines is 1. The summed E-state index contributed by atoms with van der Waals surface area (Å²) in [4.78, 5) is 29.0. The van der Waals surface area contributed by atoms with Gasteiger partial charge < -0.3 is 19.8 Å². The normalized spacial score (nSPS) is 23.1. The highest BCUT2D eigenvalue weighted by Gasteiger charge is 2.37. The number of alkyl halides is 3. The Labute approximate surface area is 225 Å². The quantitative estimate of drug-likeness (QED) is 0.405. The molecular formula is C27H34F3N6O2P. The Morgan fingerprint density at radius 1 is 1.10 bits per heavy atom. The third-order valence-electron chi connectivity index (χ3n) is 7.83. The van der Waals surface area contributed by atoms with Gasteiger partial charge in [0, 0.05) is 60.9 Å². The van der Waals surface area contributed by atoms with Crippen LogP contribution in [0.4, 0.5) is 19.1 Å². The Morgan fingerprint density at radius 3 is 2.56 bits per heavy atom. The molecule has 8 bridgehead atoms. The van der Waals surface area contributed by atoms with Crippen LogP contribution in [0.25, 0.3) is 22.2 Å². The molecule has 2 N–H and O–H groups in total. The molecule has 3 atom stereocenters. The molecule has 6 rings (SSSR count). The lowest BCUT2D eigenvalue weighted by Gasteiger charge is -2.38. The molecule has 1 saturated heterocycles. The first-order valence-electron chi connectivity index (χ1n) is 13.2. The summed E-state index contributed by atoms with van der Waals surface area (Å²) in [6, 6.07) is 3.56. The number of hydrogen-bond donors (Lipinski definition) is 2. The van der Waals surface area contributed by atoms with Crippen molar-refractivity contribution in [3.63, 3.8) is 0 Å². The number of carbonyl (C=O) groups is 1. The Morgan fingerprint density at radius 2 is 1.85 bits per heavy atom. The third kappa shape index (κ3) is 5.43. The molecule has 210 valence electrons. The first-order chi connectivity index (χ1) is 18.3. The lowest BCUT2D eigenvalue weighted by Crippen LogP contribution is -2.47. The molecule has 0 radical (unpaired) electrons. The molecule has 5 heterocycles. The number of halogens is 3. The minimum atomic E-state index is -4.68. The molecule has 0 saturated carbocycles. The maximum absolute atomic E-state index is 14.1. The predicted molar refractivity (Wildman–Crippen MR) is 147 cm³/mol. The Balaban J connectivity index is 1.71. The minimum absolute atomic E-state index is 0.00267. The number of rotatable bonds is 1. The molecule has 3 aliphatic rings. The zero-order valence-electron chi connectivity index (χ0n) is 22.6. The Kier molecular flexibility index (Phi) is 7.26. The second kappa shape index (κ2) is 10.2. The molecule has 3 aromatic rings. The van der Waals surface area contributed by atoms with Crippen molar-refractivity contribution in [2.45, 2.75) is 50.9 Å². The van der Waals surface area contributed by atoms with Crippen molar-refractivity contribution in [3.05, 3.63) is 35.7 Å². The van der Waals surface area contributed by atoms with Crippen LogP contribution in [0.2, 0.25) is 0 Å². The predicted octanol–water partition coefficient (Wildman–Crippen LogP) is 5.02. The van der Waals surface area contributed by atoms with Crippen molar-refractivity contribution in [2.75, 3.05) is 45.3 Å². The van der Waals surface area contributed by atoms with E-state index in [2.05, 4.69) is 32.1 Å². The summed E-state index contributed by atoms with van der Waals surface area (Å²) in [5.74, 6) is -0.123. The standard InChI is InChI=1S/C27H34F3N6O2P/c1-16-7-8-17-15-36(16)12-6-5-11-35(2)25(37)19-10-9-18-20(13-31-23(18)24(19)39(3,4)38)22-21(27(28,29)30)14-32-26(33-17)34-22/h9-10,13-14,16-17,31H,5-8,11-12,15H2,1-4H3,(H,32,33,34)/t16-,17+/m0/s1. The largest absolute Gasteiger partial charge is 0.419 e. The minimum Gasteiger partial charge on any atom is -0.360 e. The summed E-state index contributed by atoms with van der Waals surface area (Å²) >= 11 is 0. The summed E-state index contributed by atoms with van der Waals surface area (Å²) in [6.45, 7) is 7.43. The number of nitrogens with one attached hydrogen (secondary N) is 2. The average molecular weight is 563 g/mol. The van der Waals surface area contributed by atoms with Gasteiger partial charge in [-0.15, -0.1) is 0 Å². The number of amides is 1. The van der Waals surface area contributed by atoms with E-state index in [0.717, 1.165) is 45.0 Å². The fraction of sp³-hybridized carbons (Fsp3) is 0.519. The number of aromatic amines is 1. The van der Waals surface area contributed by atoms with Gasteiger partial charge in [-0.05, 0) is 58.5 Å². The number of nitrogens with zero attached hydrogens (tertiary/aromatic N) is 4. The van der Waals surface area contributed by atoms with E-state index in [1.165, 1.54) is 6.20 Å². The van der Waals surface area contributed by atoms with E-state index in [1.54, 1.807) is 37.4 Å². The maximum atomic E-state index is 14.1. The number of carbonyl (C=O) groups excluding carboxylic acids is 1. The molecule has 1 fully saturated rings. The molecule has 39 heavy (non-hydrogen) atoms. The van der Waals surface area contributed by atoms with Crippen molar-refractivity contribution in [3.8, 4) is 11.3 Å². The van der Waals surface area contributed by atoms with E-state index in [9.17, 15) is 22.5 Å². The summed E-state index contributed by atoms with van der Waals surface area (Å²) in [5, 5.41) is 4.03. The smallest absolute Gasteiger partial charge is 0.360 e. The second-order valence-corrected chi connectivity index (χ2v) is 14.2. The van der Waals surface area contributed by atoms with E-state index in [4.69, 9.17) is 0 Å².